The summed E-state index contributed by atoms with van der Waals surface area (Å²) >= 11 is 0. The zero-order valence-electron chi connectivity index (χ0n) is 7.20. The summed E-state index contributed by atoms with van der Waals surface area (Å²) in [5, 5.41) is 0. The van der Waals surface area contributed by atoms with E-state index in [0.29, 0.717) is 5.75 Å². The van der Waals surface area contributed by atoms with Gasteiger partial charge in [0.05, 0.1) is 6.67 Å². The maximum Gasteiger partial charge on any atom is 0.311 e. The molecule has 0 N–H and O–H groups in total. The largest absolute Gasteiger partial charge is 0.427 e. The third kappa shape index (κ3) is 3.69. The monoisotopic (exact) mass is 182 g/mol. The van der Waals surface area contributed by atoms with Crippen LogP contribution in [-0.4, -0.2) is 12.6 Å². The smallest absolute Gasteiger partial charge is 0.311 e. The van der Waals surface area contributed by atoms with Crippen LogP contribution < -0.4 is 4.74 Å². The molecule has 0 aliphatic rings. The molecule has 70 valence electrons. The van der Waals surface area contributed by atoms with E-state index < -0.39 is 6.67 Å². The summed E-state index contributed by atoms with van der Waals surface area (Å²) in [7, 11) is 0. The highest BCUT2D eigenvalue weighted by atomic mass is 19.1. The van der Waals surface area contributed by atoms with Gasteiger partial charge in [-0.3, -0.25) is 9.18 Å². The first kappa shape index (κ1) is 9.71. The Morgan fingerprint density at radius 1 is 1.31 bits per heavy atom. The van der Waals surface area contributed by atoms with E-state index in [-0.39, 0.29) is 18.8 Å². The fourth-order valence-electron chi connectivity index (χ4n) is 0.882. The zero-order valence-corrected chi connectivity index (χ0v) is 7.20. The van der Waals surface area contributed by atoms with Gasteiger partial charge in [0.25, 0.3) is 0 Å². The van der Waals surface area contributed by atoms with Gasteiger partial charge in [-0.1, -0.05) is 18.2 Å². The van der Waals surface area contributed by atoms with E-state index in [1.54, 1.807) is 24.3 Å². The Bertz CT molecular complexity index is 259. The fraction of sp³-hybridized carbons (Fsp3) is 0.300. The molecule has 2 nitrogen and oxygen atoms in total. The zero-order chi connectivity index (χ0) is 9.52. The topological polar surface area (TPSA) is 26.3 Å². The Morgan fingerprint density at radius 2 is 2.00 bits per heavy atom. The van der Waals surface area contributed by atoms with Crippen molar-refractivity contribution in [2.45, 2.75) is 12.8 Å². The molecule has 0 radical (unpaired) electrons. The fourth-order valence-corrected chi connectivity index (χ4v) is 0.882. The van der Waals surface area contributed by atoms with Gasteiger partial charge in [-0.2, -0.15) is 0 Å². The average Bonchev–Trinajstić information content (AvgIpc) is 2.16. The van der Waals surface area contributed by atoms with E-state index in [0.717, 1.165) is 0 Å². The van der Waals surface area contributed by atoms with Gasteiger partial charge >= 0.3 is 5.97 Å². The molecule has 3 heteroatoms. The molecular formula is C10H11FO2. The van der Waals surface area contributed by atoms with Crippen molar-refractivity contribution in [3.05, 3.63) is 30.3 Å². The predicted molar refractivity (Wildman–Crippen MR) is 47.3 cm³/mol. The first-order chi connectivity index (χ1) is 6.33. The molecule has 1 aromatic rings. The average molecular weight is 182 g/mol. The summed E-state index contributed by atoms with van der Waals surface area (Å²) < 4.78 is 16.6. The van der Waals surface area contributed by atoms with E-state index in [2.05, 4.69) is 0 Å². The third-order valence-corrected chi connectivity index (χ3v) is 1.49. The van der Waals surface area contributed by atoms with Crippen LogP contribution >= 0.6 is 0 Å². The number of hydrogen-bond donors (Lipinski definition) is 0. The minimum atomic E-state index is -0.482. The van der Waals surface area contributed by atoms with Crippen molar-refractivity contribution in [3.63, 3.8) is 0 Å². The molecule has 0 aliphatic heterocycles. The number of hydrogen-bond acceptors (Lipinski definition) is 2. The van der Waals surface area contributed by atoms with Crippen LogP contribution in [-0.2, 0) is 4.79 Å². The lowest BCUT2D eigenvalue weighted by atomic mass is 10.3. The first-order valence-corrected chi connectivity index (χ1v) is 4.14. The number of esters is 1. The molecule has 0 amide bonds. The minimum Gasteiger partial charge on any atom is -0.427 e. The first-order valence-electron chi connectivity index (χ1n) is 4.14. The summed E-state index contributed by atoms with van der Waals surface area (Å²) in [5.41, 5.74) is 0. The van der Waals surface area contributed by atoms with E-state index in [4.69, 9.17) is 4.74 Å². The molecule has 0 aromatic heterocycles. The summed E-state index contributed by atoms with van der Waals surface area (Å²) in [4.78, 5) is 11.0. The highest BCUT2D eigenvalue weighted by Crippen LogP contribution is 2.09. The predicted octanol–water partition coefficient (Wildman–Crippen LogP) is 2.34. The van der Waals surface area contributed by atoms with Crippen molar-refractivity contribution in [3.8, 4) is 5.75 Å². The highest BCUT2D eigenvalue weighted by Gasteiger charge is 2.02. The van der Waals surface area contributed by atoms with Crippen LogP contribution in [0.2, 0.25) is 0 Å². The van der Waals surface area contributed by atoms with Gasteiger partial charge in [-0.05, 0) is 18.6 Å². The Balaban J connectivity index is 2.37. The molecule has 0 saturated heterocycles. The highest BCUT2D eigenvalue weighted by molar-refractivity contribution is 5.72. The maximum absolute atomic E-state index is 11.7. The van der Waals surface area contributed by atoms with Crippen LogP contribution in [0.3, 0.4) is 0 Å². The van der Waals surface area contributed by atoms with E-state index in [9.17, 15) is 9.18 Å². The normalized spacial score (nSPS) is 9.62. The maximum atomic E-state index is 11.7. The number of alkyl halides is 1. The summed E-state index contributed by atoms with van der Waals surface area (Å²) in [6.45, 7) is -0.482. The molecule has 1 rings (SSSR count). The number of benzene rings is 1. The Kier molecular flexibility index (Phi) is 3.96. The molecule has 0 saturated carbocycles. The van der Waals surface area contributed by atoms with Gasteiger partial charge in [0.1, 0.15) is 5.75 Å². The molecular weight excluding hydrogens is 171 g/mol. The molecule has 0 bridgehead atoms. The Morgan fingerprint density at radius 3 is 2.62 bits per heavy atom. The van der Waals surface area contributed by atoms with Gasteiger partial charge in [-0.15, -0.1) is 0 Å². The summed E-state index contributed by atoms with van der Waals surface area (Å²) in [5.74, 6) is 0.121. The number of para-hydroxylation sites is 1. The lowest BCUT2D eigenvalue weighted by Gasteiger charge is -2.01. The quantitative estimate of drug-likeness (QED) is 0.527. The minimum absolute atomic E-state index is 0.130. The van der Waals surface area contributed by atoms with Crippen molar-refractivity contribution < 1.29 is 13.9 Å². The molecule has 13 heavy (non-hydrogen) atoms. The Labute approximate surface area is 76.3 Å². The third-order valence-electron chi connectivity index (χ3n) is 1.49. The summed E-state index contributed by atoms with van der Waals surface area (Å²) in [6.07, 6.45) is 0.358. The van der Waals surface area contributed by atoms with Crippen molar-refractivity contribution >= 4 is 5.97 Å². The second kappa shape index (κ2) is 5.30. The van der Waals surface area contributed by atoms with Crippen LogP contribution in [0, 0.1) is 0 Å². The standard InChI is InChI=1S/C10H11FO2/c11-8-4-7-10(12)13-9-5-2-1-3-6-9/h1-3,5-6H,4,7-8H2. The van der Waals surface area contributed by atoms with Gasteiger partial charge < -0.3 is 4.74 Å². The van der Waals surface area contributed by atoms with Crippen LogP contribution in [0.4, 0.5) is 4.39 Å². The second-order valence-corrected chi connectivity index (χ2v) is 2.58. The lowest BCUT2D eigenvalue weighted by molar-refractivity contribution is -0.134. The summed E-state index contributed by atoms with van der Waals surface area (Å²) in [6, 6.07) is 8.76. The molecule has 0 atom stereocenters. The van der Waals surface area contributed by atoms with Crippen molar-refractivity contribution in [2.75, 3.05) is 6.67 Å². The van der Waals surface area contributed by atoms with E-state index >= 15 is 0 Å². The van der Waals surface area contributed by atoms with Crippen molar-refractivity contribution in [1.29, 1.82) is 0 Å². The number of carbonyl (C=O) groups excluding carboxylic acids is 1. The number of rotatable bonds is 4. The van der Waals surface area contributed by atoms with Crippen LogP contribution in [0.25, 0.3) is 0 Å². The van der Waals surface area contributed by atoms with E-state index in [1.165, 1.54) is 0 Å². The van der Waals surface area contributed by atoms with Crippen LogP contribution in [0.15, 0.2) is 30.3 Å². The molecule has 0 spiro atoms. The molecule has 0 unspecified atom stereocenters. The number of carbonyl (C=O) groups is 1. The van der Waals surface area contributed by atoms with Crippen LogP contribution in [0.5, 0.6) is 5.75 Å². The SMILES string of the molecule is O=C(CCCF)Oc1ccccc1. The Hall–Kier alpha value is -1.38. The molecule has 0 heterocycles. The number of halogens is 1. The number of ether oxygens (including phenoxy) is 1. The van der Waals surface area contributed by atoms with Gasteiger partial charge in [0.15, 0.2) is 0 Å². The van der Waals surface area contributed by atoms with Crippen LogP contribution in [0.1, 0.15) is 12.8 Å². The van der Waals surface area contributed by atoms with Gasteiger partial charge in [-0.25, -0.2) is 0 Å². The van der Waals surface area contributed by atoms with Crippen molar-refractivity contribution in [2.24, 2.45) is 0 Å². The van der Waals surface area contributed by atoms with Gasteiger partial charge in [0.2, 0.25) is 0 Å². The molecule has 1 aromatic carbocycles. The molecule has 0 fully saturated rings. The second-order valence-electron chi connectivity index (χ2n) is 2.58. The molecule has 0 aliphatic carbocycles. The lowest BCUT2D eigenvalue weighted by Crippen LogP contribution is -2.07. The van der Waals surface area contributed by atoms with Gasteiger partial charge in [0, 0.05) is 6.42 Å². The van der Waals surface area contributed by atoms with Crippen molar-refractivity contribution in [1.82, 2.24) is 0 Å². The van der Waals surface area contributed by atoms with E-state index in [1.807, 2.05) is 6.07 Å².